The van der Waals surface area contributed by atoms with E-state index in [4.69, 9.17) is 16.3 Å². The van der Waals surface area contributed by atoms with Crippen molar-refractivity contribution in [1.29, 1.82) is 0 Å². The lowest BCUT2D eigenvalue weighted by Gasteiger charge is -2.09. The van der Waals surface area contributed by atoms with Crippen LogP contribution in [0.1, 0.15) is 23.7 Å². The standard InChI is InChI=1S/C19H15ClN2O3/c1-13(23)25-12-17-16(9-7-14-5-3-2-4-6-14)19(24)22-11-15(20)8-10-18(22)21-17/h2-11H,12H2,1H3/b9-7+. The van der Waals surface area contributed by atoms with Crippen molar-refractivity contribution in [2.24, 2.45) is 0 Å². The highest BCUT2D eigenvalue weighted by molar-refractivity contribution is 6.30. The summed E-state index contributed by atoms with van der Waals surface area (Å²) in [7, 11) is 0. The molecule has 0 amide bonds. The number of ether oxygens (including phenoxy) is 1. The van der Waals surface area contributed by atoms with Crippen LogP contribution in [0.5, 0.6) is 0 Å². The first kappa shape index (κ1) is 16.9. The van der Waals surface area contributed by atoms with Gasteiger partial charge in [0, 0.05) is 13.1 Å². The maximum Gasteiger partial charge on any atom is 0.303 e. The number of benzene rings is 1. The highest BCUT2D eigenvalue weighted by Crippen LogP contribution is 2.14. The van der Waals surface area contributed by atoms with Crippen LogP contribution >= 0.6 is 11.6 Å². The Balaban J connectivity index is 2.13. The van der Waals surface area contributed by atoms with Gasteiger partial charge in [0.1, 0.15) is 12.3 Å². The van der Waals surface area contributed by atoms with Gasteiger partial charge in [-0.1, -0.05) is 48.0 Å². The minimum absolute atomic E-state index is 0.0713. The normalized spacial score (nSPS) is 11.1. The number of halogens is 1. The Morgan fingerprint density at radius 1 is 1.20 bits per heavy atom. The van der Waals surface area contributed by atoms with Gasteiger partial charge in [-0.05, 0) is 23.8 Å². The summed E-state index contributed by atoms with van der Waals surface area (Å²) in [5.74, 6) is -0.434. The molecule has 0 aliphatic heterocycles. The summed E-state index contributed by atoms with van der Waals surface area (Å²) >= 11 is 5.98. The molecule has 0 unspecified atom stereocenters. The third-order valence-electron chi connectivity index (χ3n) is 3.55. The predicted octanol–water partition coefficient (Wildman–Crippen LogP) is 3.58. The Morgan fingerprint density at radius 2 is 1.96 bits per heavy atom. The molecule has 0 atom stereocenters. The molecule has 0 aliphatic carbocycles. The fourth-order valence-electron chi connectivity index (χ4n) is 2.36. The fraction of sp³-hybridized carbons (Fsp3) is 0.105. The summed E-state index contributed by atoms with van der Waals surface area (Å²) in [5, 5.41) is 0.433. The van der Waals surface area contributed by atoms with Crippen LogP contribution in [0.15, 0.2) is 53.5 Å². The van der Waals surface area contributed by atoms with Crippen LogP contribution in [0.3, 0.4) is 0 Å². The Morgan fingerprint density at radius 3 is 2.68 bits per heavy atom. The van der Waals surface area contributed by atoms with E-state index < -0.39 is 5.97 Å². The predicted molar refractivity (Wildman–Crippen MR) is 97.3 cm³/mol. The van der Waals surface area contributed by atoms with Crippen LogP contribution in [-0.2, 0) is 16.1 Å². The summed E-state index contributed by atoms with van der Waals surface area (Å²) in [5.41, 5.74) is 1.85. The second-order valence-electron chi connectivity index (χ2n) is 5.38. The average molecular weight is 355 g/mol. The van der Waals surface area contributed by atoms with Gasteiger partial charge < -0.3 is 4.74 Å². The second-order valence-corrected chi connectivity index (χ2v) is 5.81. The van der Waals surface area contributed by atoms with Crippen molar-refractivity contribution in [3.8, 4) is 0 Å². The first-order valence-electron chi connectivity index (χ1n) is 7.62. The number of pyridine rings is 1. The first-order valence-corrected chi connectivity index (χ1v) is 7.99. The zero-order valence-corrected chi connectivity index (χ0v) is 14.2. The van der Waals surface area contributed by atoms with Crippen LogP contribution in [-0.4, -0.2) is 15.4 Å². The van der Waals surface area contributed by atoms with Gasteiger partial charge in [0.15, 0.2) is 0 Å². The highest BCUT2D eigenvalue weighted by atomic mass is 35.5. The molecule has 0 fully saturated rings. The molecule has 3 aromatic rings. The van der Waals surface area contributed by atoms with Crippen LogP contribution < -0.4 is 5.56 Å². The minimum Gasteiger partial charge on any atom is -0.459 e. The molecule has 5 nitrogen and oxygen atoms in total. The van der Waals surface area contributed by atoms with Crippen LogP contribution in [0.25, 0.3) is 17.8 Å². The number of nitrogens with zero attached hydrogens (tertiary/aromatic N) is 2. The van der Waals surface area contributed by atoms with Crippen molar-refractivity contribution < 1.29 is 9.53 Å². The lowest BCUT2D eigenvalue weighted by atomic mass is 10.1. The van der Waals surface area contributed by atoms with Gasteiger partial charge in [-0.15, -0.1) is 0 Å². The van der Waals surface area contributed by atoms with Crippen molar-refractivity contribution in [1.82, 2.24) is 9.38 Å². The Hall–Kier alpha value is -2.92. The van der Waals surface area contributed by atoms with Crippen molar-refractivity contribution >= 4 is 35.4 Å². The fourth-order valence-corrected chi connectivity index (χ4v) is 2.52. The van der Waals surface area contributed by atoms with Gasteiger partial charge in [-0.3, -0.25) is 14.0 Å². The van der Waals surface area contributed by atoms with E-state index in [1.165, 1.54) is 17.5 Å². The van der Waals surface area contributed by atoms with E-state index in [9.17, 15) is 9.59 Å². The molecule has 126 valence electrons. The minimum atomic E-state index is -0.434. The number of rotatable bonds is 4. The number of carbonyl (C=O) groups excluding carboxylic acids is 1. The number of hydrogen-bond acceptors (Lipinski definition) is 4. The lowest BCUT2D eigenvalue weighted by Crippen LogP contribution is -2.21. The molecule has 0 saturated heterocycles. The molecular weight excluding hydrogens is 340 g/mol. The molecule has 0 aliphatic rings. The smallest absolute Gasteiger partial charge is 0.303 e. The molecule has 3 rings (SSSR count). The maximum atomic E-state index is 12.8. The first-order chi connectivity index (χ1) is 12.0. The maximum absolute atomic E-state index is 12.8. The number of carbonyl (C=O) groups is 1. The second kappa shape index (κ2) is 7.32. The molecule has 0 radical (unpaired) electrons. The zero-order valence-electron chi connectivity index (χ0n) is 13.5. The molecule has 0 bridgehead atoms. The third kappa shape index (κ3) is 3.95. The molecule has 25 heavy (non-hydrogen) atoms. The largest absolute Gasteiger partial charge is 0.459 e. The summed E-state index contributed by atoms with van der Waals surface area (Å²) in [4.78, 5) is 28.4. The average Bonchev–Trinajstić information content (AvgIpc) is 2.61. The van der Waals surface area contributed by atoms with Gasteiger partial charge >= 0.3 is 5.97 Å². The Labute approximate surface area is 149 Å². The van der Waals surface area contributed by atoms with Crippen LogP contribution in [0.2, 0.25) is 5.02 Å². The van der Waals surface area contributed by atoms with E-state index in [0.29, 0.717) is 21.9 Å². The monoisotopic (exact) mass is 354 g/mol. The number of hydrogen-bond donors (Lipinski definition) is 0. The molecule has 2 heterocycles. The lowest BCUT2D eigenvalue weighted by molar-refractivity contribution is -0.142. The molecule has 0 N–H and O–H groups in total. The van der Waals surface area contributed by atoms with E-state index >= 15 is 0 Å². The van der Waals surface area contributed by atoms with E-state index in [-0.39, 0.29) is 12.2 Å². The van der Waals surface area contributed by atoms with Gasteiger partial charge in [0.05, 0.1) is 16.3 Å². The van der Waals surface area contributed by atoms with Crippen molar-refractivity contribution in [3.05, 3.63) is 80.9 Å². The summed E-state index contributed by atoms with van der Waals surface area (Å²) in [6.45, 7) is 1.24. The van der Waals surface area contributed by atoms with E-state index in [1.807, 2.05) is 36.4 Å². The highest BCUT2D eigenvalue weighted by Gasteiger charge is 2.12. The Bertz CT molecular complexity index is 1010. The van der Waals surface area contributed by atoms with Gasteiger partial charge in [0.2, 0.25) is 0 Å². The summed E-state index contributed by atoms with van der Waals surface area (Å²) in [6, 6.07) is 12.9. The van der Waals surface area contributed by atoms with Crippen molar-refractivity contribution in [2.45, 2.75) is 13.5 Å². The van der Waals surface area contributed by atoms with Gasteiger partial charge in [0.25, 0.3) is 5.56 Å². The molecule has 6 heteroatoms. The topological polar surface area (TPSA) is 60.7 Å². The molecule has 0 spiro atoms. The van der Waals surface area contributed by atoms with Crippen LogP contribution in [0, 0.1) is 0 Å². The Kier molecular flexibility index (Phi) is 4.95. The SMILES string of the molecule is CC(=O)OCc1nc2ccc(Cl)cn2c(=O)c1/C=C/c1ccccc1. The summed E-state index contributed by atoms with van der Waals surface area (Å²) in [6.07, 6.45) is 5.01. The molecule has 2 aromatic heterocycles. The van der Waals surface area contributed by atoms with E-state index in [0.717, 1.165) is 5.56 Å². The van der Waals surface area contributed by atoms with E-state index in [2.05, 4.69) is 4.98 Å². The zero-order chi connectivity index (χ0) is 17.8. The third-order valence-corrected chi connectivity index (χ3v) is 3.78. The molecule has 0 saturated carbocycles. The number of aromatic nitrogens is 2. The van der Waals surface area contributed by atoms with Gasteiger partial charge in [-0.25, -0.2) is 4.98 Å². The summed E-state index contributed by atoms with van der Waals surface area (Å²) < 4.78 is 6.42. The number of fused-ring (bicyclic) bond motifs is 1. The molecular formula is C19H15ClN2O3. The number of esters is 1. The van der Waals surface area contributed by atoms with E-state index in [1.54, 1.807) is 18.2 Å². The van der Waals surface area contributed by atoms with Crippen LogP contribution in [0.4, 0.5) is 0 Å². The van der Waals surface area contributed by atoms with Crippen molar-refractivity contribution in [2.75, 3.05) is 0 Å². The molecule has 1 aromatic carbocycles. The van der Waals surface area contributed by atoms with Gasteiger partial charge in [-0.2, -0.15) is 0 Å². The quantitative estimate of drug-likeness (QED) is 0.672. The van der Waals surface area contributed by atoms with Crippen molar-refractivity contribution in [3.63, 3.8) is 0 Å².